The SMILES string of the molecule is CC(=O)Nc1ccc(-c2csc(NC(=O)COc3ccc(Cl)cc3)n2)cc1. The Bertz CT molecular complexity index is 940. The van der Waals surface area contributed by atoms with Crippen molar-refractivity contribution < 1.29 is 14.3 Å². The maximum Gasteiger partial charge on any atom is 0.264 e. The summed E-state index contributed by atoms with van der Waals surface area (Å²) in [4.78, 5) is 27.5. The number of benzene rings is 2. The fourth-order valence-electron chi connectivity index (χ4n) is 2.23. The van der Waals surface area contributed by atoms with Crippen LogP contribution in [0.2, 0.25) is 5.02 Å². The van der Waals surface area contributed by atoms with Gasteiger partial charge in [0.15, 0.2) is 11.7 Å². The van der Waals surface area contributed by atoms with Gasteiger partial charge < -0.3 is 10.1 Å². The highest BCUT2D eigenvalue weighted by molar-refractivity contribution is 7.14. The molecular formula is C19H16ClN3O3S. The molecule has 0 atom stereocenters. The molecule has 1 heterocycles. The van der Waals surface area contributed by atoms with Crippen LogP contribution in [0.3, 0.4) is 0 Å². The third-order valence-corrected chi connectivity index (χ3v) is 4.44. The van der Waals surface area contributed by atoms with Gasteiger partial charge in [-0.05, 0) is 36.4 Å². The Hall–Kier alpha value is -2.90. The quantitative estimate of drug-likeness (QED) is 0.639. The van der Waals surface area contributed by atoms with Crippen LogP contribution in [-0.2, 0) is 9.59 Å². The van der Waals surface area contributed by atoms with Gasteiger partial charge in [0.2, 0.25) is 5.91 Å². The summed E-state index contributed by atoms with van der Waals surface area (Å²) in [5.41, 5.74) is 2.34. The Morgan fingerprint density at radius 3 is 2.44 bits per heavy atom. The Morgan fingerprint density at radius 1 is 1.07 bits per heavy atom. The minimum absolute atomic E-state index is 0.123. The van der Waals surface area contributed by atoms with Crippen LogP contribution in [0.5, 0.6) is 5.75 Å². The van der Waals surface area contributed by atoms with Crippen LogP contribution in [0.25, 0.3) is 11.3 Å². The van der Waals surface area contributed by atoms with Crippen LogP contribution in [0.1, 0.15) is 6.92 Å². The molecule has 0 unspecified atom stereocenters. The van der Waals surface area contributed by atoms with Crippen molar-refractivity contribution in [2.24, 2.45) is 0 Å². The average molecular weight is 402 g/mol. The van der Waals surface area contributed by atoms with Gasteiger partial charge in [-0.25, -0.2) is 4.98 Å². The first-order valence-electron chi connectivity index (χ1n) is 8.01. The lowest BCUT2D eigenvalue weighted by Crippen LogP contribution is -2.20. The first-order valence-corrected chi connectivity index (χ1v) is 9.27. The van der Waals surface area contributed by atoms with E-state index in [-0.39, 0.29) is 18.4 Å². The molecule has 6 nitrogen and oxygen atoms in total. The van der Waals surface area contributed by atoms with Crippen molar-refractivity contribution in [1.82, 2.24) is 4.98 Å². The highest BCUT2D eigenvalue weighted by Crippen LogP contribution is 2.26. The second-order valence-corrected chi connectivity index (χ2v) is 6.88. The molecule has 1 aromatic heterocycles. The minimum Gasteiger partial charge on any atom is -0.484 e. The van der Waals surface area contributed by atoms with Gasteiger partial charge in [0, 0.05) is 28.6 Å². The zero-order valence-corrected chi connectivity index (χ0v) is 15.9. The van der Waals surface area contributed by atoms with Crippen LogP contribution < -0.4 is 15.4 Å². The summed E-state index contributed by atoms with van der Waals surface area (Å²) in [6.07, 6.45) is 0. The van der Waals surface area contributed by atoms with Gasteiger partial charge >= 0.3 is 0 Å². The lowest BCUT2D eigenvalue weighted by Gasteiger charge is -2.05. The predicted molar refractivity (Wildman–Crippen MR) is 107 cm³/mol. The molecule has 3 aromatic rings. The van der Waals surface area contributed by atoms with Crippen molar-refractivity contribution in [2.45, 2.75) is 6.92 Å². The summed E-state index contributed by atoms with van der Waals surface area (Å²) in [7, 11) is 0. The smallest absolute Gasteiger partial charge is 0.264 e. The summed E-state index contributed by atoms with van der Waals surface area (Å²) in [6.45, 7) is 1.34. The highest BCUT2D eigenvalue weighted by Gasteiger charge is 2.09. The highest BCUT2D eigenvalue weighted by atomic mass is 35.5. The molecule has 2 amide bonds. The largest absolute Gasteiger partial charge is 0.484 e. The van der Waals surface area contributed by atoms with Gasteiger partial charge in [0.25, 0.3) is 5.91 Å². The van der Waals surface area contributed by atoms with Gasteiger partial charge in [-0.15, -0.1) is 11.3 Å². The van der Waals surface area contributed by atoms with Gasteiger partial charge in [0.05, 0.1) is 5.69 Å². The van der Waals surface area contributed by atoms with Crippen LogP contribution in [0.15, 0.2) is 53.9 Å². The molecule has 0 aliphatic carbocycles. The maximum atomic E-state index is 12.0. The Labute approximate surface area is 165 Å². The van der Waals surface area contributed by atoms with Crippen LogP contribution in [-0.4, -0.2) is 23.4 Å². The van der Waals surface area contributed by atoms with Crippen molar-refractivity contribution in [3.05, 3.63) is 58.9 Å². The first-order chi connectivity index (χ1) is 13.0. The molecule has 27 heavy (non-hydrogen) atoms. The molecule has 8 heteroatoms. The molecule has 0 saturated heterocycles. The standard InChI is InChI=1S/C19H16ClN3O3S/c1-12(24)21-15-6-2-13(3-7-15)17-11-27-19(22-17)23-18(25)10-26-16-8-4-14(20)5-9-16/h2-9,11H,10H2,1H3,(H,21,24)(H,22,23,25). The maximum absolute atomic E-state index is 12.0. The number of aromatic nitrogens is 1. The molecule has 0 aliphatic heterocycles. The van der Waals surface area contributed by atoms with E-state index in [1.807, 2.05) is 17.5 Å². The van der Waals surface area contributed by atoms with E-state index < -0.39 is 0 Å². The number of hydrogen-bond acceptors (Lipinski definition) is 5. The van der Waals surface area contributed by atoms with Crippen LogP contribution in [0.4, 0.5) is 10.8 Å². The van der Waals surface area contributed by atoms with E-state index in [0.29, 0.717) is 21.6 Å². The van der Waals surface area contributed by atoms with Gasteiger partial charge in [-0.2, -0.15) is 0 Å². The lowest BCUT2D eigenvalue weighted by atomic mass is 10.1. The molecule has 2 N–H and O–H groups in total. The lowest BCUT2D eigenvalue weighted by molar-refractivity contribution is -0.118. The van der Waals surface area contributed by atoms with E-state index in [2.05, 4.69) is 15.6 Å². The average Bonchev–Trinajstić information content (AvgIpc) is 3.10. The van der Waals surface area contributed by atoms with Crippen LogP contribution >= 0.6 is 22.9 Å². The molecule has 0 fully saturated rings. The normalized spacial score (nSPS) is 10.3. The van der Waals surface area contributed by atoms with Crippen molar-refractivity contribution in [3.63, 3.8) is 0 Å². The van der Waals surface area contributed by atoms with Gasteiger partial charge in [0.1, 0.15) is 5.75 Å². The second-order valence-electron chi connectivity index (χ2n) is 5.59. The fourth-order valence-corrected chi connectivity index (χ4v) is 3.09. The van der Waals surface area contributed by atoms with Gasteiger partial charge in [-0.1, -0.05) is 23.7 Å². The number of halogens is 1. The number of carbonyl (C=O) groups excluding carboxylic acids is 2. The molecule has 0 aliphatic rings. The number of nitrogens with one attached hydrogen (secondary N) is 2. The van der Waals surface area contributed by atoms with Gasteiger partial charge in [-0.3, -0.25) is 14.9 Å². The summed E-state index contributed by atoms with van der Waals surface area (Å²) in [5.74, 6) is 0.141. The van der Waals surface area contributed by atoms with E-state index in [1.54, 1.807) is 36.4 Å². The summed E-state index contributed by atoms with van der Waals surface area (Å²) >= 11 is 7.13. The zero-order chi connectivity index (χ0) is 19.2. The molecule has 0 saturated carbocycles. The number of nitrogens with zero attached hydrogens (tertiary/aromatic N) is 1. The monoisotopic (exact) mass is 401 g/mol. The summed E-state index contributed by atoms with van der Waals surface area (Å²) in [6, 6.07) is 14.1. The molecule has 138 valence electrons. The molecule has 0 spiro atoms. The van der Waals surface area contributed by atoms with Crippen LogP contribution in [0, 0.1) is 0 Å². The van der Waals surface area contributed by atoms with E-state index in [1.165, 1.54) is 18.3 Å². The molecule has 2 aromatic carbocycles. The van der Waals surface area contributed by atoms with Crippen molar-refractivity contribution >= 4 is 45.6 Å². The predicted octanol–water partition coefficient (Wildman–Crippen LogP) is 4.44. The molecular weight excluding hydrogens is 386 g/mol. The fraction of sp³-hybridized carbons (Fsp3) is 0.105. The van der Waals surface area contributed by atoms with E-state index >= 15 is 0 Å². The number of thiazole rings is 1. The molecule has 3 rings (SSSR count). The molecule has 0 bridgehead atoms. The zero-order valence-electron chi connectivity index (χ0n) is 14.4. The Balaban J connectivity index is 1.56. The third kappa shape index (κ3) is 5.54. The number of amides is 2. The van der Waals surface area contributed by atoms with Crippen molar-refractivity contribution in [1.29, 1.82) is 0 Å². The number of ether oxygens (including phenoxy) is 1. The van der Waals surface area contributed by atoms with E-state index in [9.17, 15) is 9.59 Å². The number of rotatable bonds is 6. The number of anilines is 2. The first kappa shape index (κ1) is 18.9. The topological polar surface area (TPSA) is 80.3 Å². The Kier molecular flexibility index (Phi) is 6.05. The van der Waals surface area contributed by atoms with E-state index in [4.69, 9.17) is 16.3 Å². The van der Waals surface area contributed by atoms with Crippen molar-refractivity contribution in [2.75, 3.05) is 17.2 Å². The third-order valence-electron chi connectivity index (χ3n) is 3.44. The number of carbonyl (C=O) groups is 2. The van der Waals surface area contributed by atoms with Crippen molar-refractivity contribution in [3.8, 4) is 17.0 Å². The summed E-state index contributed by atoms with van der Waals surface area (Å²) in [5, 5.41) is 8.36. The minimum atomic E-state index is -0.299. The molecule has 0 radical (unpaired) electrons. The summed E-state index contributed by atoms with van der Waals surface area (Å²) < 4.78 is 5.40. The number of hydrogen-bond donors (Lipinski definition) is 2. The Morgan fingerprint density at radius 2 is 1.78 bits per heavy atom. The second kappa shape index (κ2) is 8.66. The van der Waals surface area contributed by atoms with E-state index in [0.717, 1.165) is 11.3 Å².